The van der Waals surface area contributed by atoms with Gasteiger partial charge in [0.1, 0.15) is 12.2 Å². The topological polar surface area (TPSA) is 110 Å². The number of allylic oxidation sites excluding steroid dienone is 2. The van der Waals surface area contributed by atoms with Crippen LogP contribution in [0.2, 0.25) is 0 Å². The first-order valence-corrected chi connectivity index (χ1v) is 11.2. The molecule has 1 aliphatic rings. The Bertz CT molecular complexity index is 520. The second kappa shape index (κ2) is 17.6. The molecule has 8 heteroatoms. The molecule has 0 saturated carbocycles. The van der Waals surface area contributed by atoms with Crippen molar-refractivity contribution >= 4 is 0 Å². The standard InChI is InChI=1S/C23H42O7.CH4O/c1-8-19(27-5)16(3)21-22(30-21)18(24)12-10-9-11-15(2)13-17(26-4)14-20(28-6)23(25)29-7;1-2/h9-11,16-25H,8,12-14H2,1-7H3;2H,1H3/b10-9+,15-11+;. The Kier molecular flexibility index (Phi) is 17.1. The van der Waals surface area contributed by atoms with E-state index in [2.05, 4.69) is 13.8 Å². The number of aliphatic hydroxyl groups excluding tert-OH is 3. The number of epoxide rings is 1. The summed E-state index contributed by atoms with van der Waals surface area (Å²) in [6.45, 7) is 6.24. The molecule has 0 bridgehead atoms. The number of methoxy groups -OCH3 is 4. The van der Waals surface area contributed by atoms with E-state index in [-0.39, 0.29) is 30.3 Å². The summed E-state index contributed by atoms with van der Waals surface area (Å²) in [5.41, 5.74) is 1.13. The quantitative estimate of drug-likeness (QED) is 0.182. The largest absolute Gasteiger partial charge is 0.400 e. The molecule has 0 aliphatic carbocycles. The van der Waals surface area contributed by atoms with E-state index in [1.807, 2.05) is 25.2 Å². The van der Waals surface area contributed by atoms with Crippen LogP contribution in [0.4, 0.5) is 0 Å². The Labute approximate surface area is 194 Å². The third-order valence-corrected chi connectivity index (χ3v) is 5.89. The first kappa shape index (κ1) is 31.2. The molecule has 1 heterocycles. The van der Waals surface area contributed by atoms with Gasteiger partial charge >= 0.3 is 0 Å². The van der Waals surface area contributed by atoms with E-state index < -0.39 is 18.5 Å². The zero-order valence-corrected chi connectivity index (χ0v) is 21.1. The van der Waals surface area contributed by atoms with Crippen LogP contribution in [0.25, 0.3) is 0 Å². The summed E-state index contributed by atoms with van der Waals surface area (Å²) >= 11 is 0. The number of rotatable bonds is 16. The lowest BCUT2D eigenvalue weighted by Crippen LogP contribution is -2.33. The number of aliphatic hydroxyl groups is 3. The summed E-state index contributed by atoms with van der Waals surface area (Å²) in [7, 11) is 7.36. The van der Waals surface area contributed by atoms with Gasteiger partial charge in [-0.25, -0.2) is 0 Å². The van der Waals surface area contributed by atoms with Crippen molar-refractivity contribution in [1.82, 2.24) is 0 Å². The molecule has 3 N–H and O–H groups in total. The fourth-order valence-electron chi connectivity index (χ4n) is 3.85. The Morgan fingerprint density at radius 2 is 1.59 bits per heavy atom. The van der Waals surface area contributed by atoms with E-state index in [4.69, 9.17) is 28.8 Å². The maximum absolute atomic E-state index is 10.4. The summed E-state index contributed by atoms with van der Waals surface area (Å²) < 4.78 is 26.9. The van der Waals surface area contributed by atoms with Gasteiger partial charge < -0.3 is 39.0 Å². The van der Waals surface area contributed by atoms with Crippen LogP contribution in [0.5, 0.6) is 0 Å². The van der Waals surface area contributed by atoms with E-state index in [9.17, 15) is 10.2 Å². The highest BCUT2D eigenvalue weighted by atomic mass is 16.6. The van der Waals surface area contributed by atoms with Crippen molar-refractivity contribution in [2.75, 3.05) is 35.5 Å². The molecular weight excluding hydrogens is 416 g/mol. The van der Waals surface area contributed by atoms with Gasteiger partial charge in [-0.2, -0.15) is 0 Å². The van der Waals surface area contributed by atoms with Gasteiger partial charge in [-0.1, -0.05) is 37.6 Å². The minimum atomic E-state index is -0.981. The molecule has 1 fully saturated rings. The predicted octanol–water partition coefficient (Wildman–Crippen LogP) is 2.45. The fraction of sp³-hybridized carbons (Fsp3) is 0.833. The van der Waals surface area contributed by atoms with Crippen LogP contribution >= 0.6 is 0 Å². The summed E-state index contributed by atoms with van der Waals surface area (Å²) in [5, 5.41) is 27.2. The lowest BCUT2D eigenvalue weighted by Gasteiger charge is -2.24. The van der Waals surface area contributed by atoms with Crippen LogP contribution in [-0.4, -0.2) is 93.8 Å². The van der Waals surface area contributed by atoms with E-state index in [0.717, 1.165) is 19.1 Å². The van der Waals surface area contributed by atoms with Crippen molar-refractivity contribution < 1.29 is 39.0 Å². The fourth-order valence-corrected chi connectivity index (χ4v) is 3.85. The predicted molar refractivity (Wildman–Crippen MR) is 124 cm³/mol. The minimum absolute atomic E-state index is 0.0641. The second-order valence-corrected chi connectivity index (χ2v) is 8.05. The molecule has 0 aromatic rings. The van der Waals surface area contributed by atoms with Crippen LogP contribution in [0, 0.1) is 5.92 Å². The number of hydrogen-bond donors (Lipinski definition) is 3. The van der Waals surface area contributed by atoms with Crippen molar-refractivity contribution in [2.45, 2.75) is 89.4 Å². The molecule has 0 radical (unpaired) electrons. The molecule has 8 nitrogen and oxygen atoms in total. The van der Waals surface area contributed by atoms with Gasteiger partial charge in [-0.3, -0.25) is 0 Å². The van der Waals surface area contributed by atoms with E-state index in [0.29, 0.717) is 19.3 Å². The third-order valence-electron chi connectivity index (χ3n) is 5.89. The average molecular weight is 463 g/mol. The van der Waals surface area contributed by atoms with Crippen LogP contribution in [0.1, 0.15) is 46.5 Å². The van der Waals surface area contributed by atoms with Crippen LogP contribution in [-0.2, 0) is 23.7 Å². The van der Waals surface area contributed by atoms with Gasteiger partial charge in [0.25, 0.3) is 0 Å². The van der Waals surface area contributed by atoms with Gasteiger partial charge in [-0.15, -0.1) is 0 Å². The van der Waals surface area contributed by atoms with Crippen LogP contribution < -0.4 is 0 Å². The number of ether oxygens (including phenoxy) is 5. The monoisotopic (exact) mass is 462 g/mol. The normalized spacial score (nSPS) is 24.3. The molecular formula is C24H46O8. The van der Waals surface area contributed by atoms with Crippen molar-refractivity contribution in [3.05, 3.63) is 23.8 Å². The Hall–Kier alpha value is -0.840. The molecule has 0 aromatic heterocycles. The maximum Gasteiger partial charge on any atom is 0.180 e. The van der Waals surface area contributed by atoms with E-state index in [1.54, 1.807) is 21.3 Å². The van der Waals surface area contributed by atoms with Crippen molar-refractivity contribution in [1.29, 1.82) is 0 Å². The second-order valence-electron chi connectivity index (χ2n) is 8.05. The zero-order valence-electron chi connectivity index (χ0n) is 21.1. The van der Waals surface area contributed by atoms with Gasteiger partial charge in [0.2, 0.25) is 0 Å². The smallest absolute Gasteiger partial charge is 0.180 e. The van der Waals surface area contributed by atoms with Crippen molar-refractivity contribution in [3.8, 4) is 0 Å². The molecule has 0 spiro atoms. The lowest BCUT2D eigenvalue weighted by molar-refractivity contribution is -0.164. The van der Waals surface area contributed by atoms with Crippen molar-refractivity contribution in [2.24, 2.45) is 5.92 Å². The minimum Gasteiger partial charge on any atom is -0.400 e. The van der Waals surface area contributed by atoms with E-state index in [1.165, 1.54) is 7.11 Å². The van der Waals surface area contributed by atoms with E-state index >= 15 is 0 Å². The highest BCUT2D eigenvalue weighted by Gasteiger charge is 2.48. The highest BCUT2D eigenvalue weighted by Crippen LogP contribution is 2.36. The van der Waals surface area contributed by atoms with Gasteiger partial charge in [0.15, 0.2) is 6.29 Å². The molecule has 32 heavy (non-hydrogen) atoms. The molecule has 0 amide bonds. The van der Waals surface area contributed by atoms with Gasteiger partial charge in [0, 0.05) is 47.9 Å². The van der Waals surface area contributed by atoms with Crippen molar-refractivity contribution in [3.63, 3.8) is 0 Å². The lowest BCUT2D eigenvalue weighted by atomic mass is 9.94. The Balaban J connectivity index is 0.00000466. The summed E-state index contributed by atoms with van der Waals surface area (Å²) in [6.07, 6.45) is 6.70. The molecule has 1 aliphatic heterocycles. The molecule has 190 valence electrons. The summed E-state index contributed by atoms with van der Waals surface area (Å²) in [4.78, 5) is 0. The first-order valence-electron chi connectivity index (χ1n) is 11.2. The average Bonchev–Trinajstić information content (AvgIpc) is 3.62. The van der Waals surface area contributed by atoms with Crippen LogP contribution in [0.3, 0.4) is 0 Å². The summed E-state index contributed by atoms with van der Waals surface area (Å²) in [5.74, 6) is 0.268. The molecule has 0 aromatic carbocycles. The summed E-state index contributed by atoms with van der Waals surface area (Å²) in [6, 6.07) is 0. The number of hydrogen-bond acceptors (Lipinski definition) is 8. The van der Waals surface area contributed by atoms with Gasteiger partial charge in [-0.05, 0) is 26.2 Å². The molecule has 8 atom stereocenters. The van der Waals surface area contributed by atoms with Crippen LogP contribution in [0.15, 0.2) is 23.8 Å². The Morgan fingerprint density at radius 1 is 0.969 bits per heavy atom. The first-order chi connectivity index (χ1) is 15.3. The third kappa shape index (κ3) is 10.9. The molecule has 1 rings (SSSR count). The molecule has 8 unspecified atom stereocenters. The van der Waals surface area contributed by atoms with Gasteiger partial charge in [0.05, 0.1) is 24.4 Å². The zero-order chi connectivity index (χ0) is 24.7. The highest BCUT2D eigenvalue weighted by molar-refractivity contribution is 5.12. The maximum atomic E-state index is 10.4. The SMILES string of the molecule is CCC(OC)C(C)C1OC1C(O)C/C=C/C=C(\C)CC(CC(OC)C(O)OC)OC.CO. The Morgan fingerprint density at radius 3 is 2.09 bits per heavy atom. The molecule has 1 saturated heterocycles.